The van der Waals surface area contributed by atoms with Crippen LogP contribution in [0.2, 0.25) is 0 Å². The van der Waals surface area contributed by atoms with Gasteiger partial charge in [0.1, 0.15) is 0 Å². The lowest BCUT2D eigenvalue weighted by molar-refractivity contribution is 0.660. The number of anilines is 3. The molecule has 0 radical (unpaired) electrons. The van der Waals surface area contributed by atoms with Gasteiger partial charge in [-0.2, -0.15) is 0 Å². The molecule has 0 N–H and O–H groups in total. The number of nitrogens with zero attached hydrogens (tertiary/aromatic N) is 2. The number of hydrogen-bond donors (Lipinski definition) is 0. The van der Waals surface area contributed by atoms with Crippen LogP contribution in [0.4, 0.5) is 17.1 Å². The molecular formula is C62H46N2. The van der Waals surface area contributed by atoms with Crippen LogP contribution in [-0.2, 0) is 10.8 Å². The minimum Gasteiger partial charge on any atom is -0.310 e. The van der Waals surface area contributed by atoms with Gasteiger partial charge in [0.15, 0.2) is 0 Å². The van der Waals surface area contributed by atoms with E-state index in [9.17, 15) is 0 Å². The molecule has 0 saturated carbocycles. The monoisotopic (exact) mass is 818 g/mol. The third kappa shape index (κ3) is 5.26. The van der Waals surface area contributed by atoms with E-state index in [1.165, 1.54) is 105 Å². The van der Waals surface area contributed by atoms with Crippen molar-refractivity contribution in [2.75, 3.05) is 4.90 Å². The van der Waals surface area contributed by atoms with Gasteiger partial charge in [-0.1, -0.05) is 161 Å². The largest absolute Gasteiger partial charge is 0.310 e. The third-order valence-electron chi connectivity index (χ3n) is 14.7. The number of aromatic nitrogens is 1. The van der Waals surface area contributed by atoms with Gasteiger partial charge in [0, 0.05) is 44.4 Å². The molecule has 10 aromatic carbocycles. The Labute approximate surface area is 374 Å². The molecule has 2 aliphatic carbocycles. The summed E-state index contributed by atoms with van der Waals surface area (Å²) in [5.41, 5.74) is 22.5. The van der Waals surface area contributed by atoms with Crippen molar-refractivity contribution in [3.05, 3.63) is 229 Å². The molecule has 0 spiro atoms. The summed E-state index contributed by atoms with van der Waals surface area (Å²) in [6.45, 7) is 9.55. The van der Waals surface area contributed by atoms with Gasteiger partial charge in [0.25, 0.3) is 0 Å². The van der Waals surface area contributed by atoms with Gasteiger partial charge in [0.2, 0.25) is 0 Å². The average molecular weight is 819 g/mol. The van der Waals surface area contributed by atoms with Crippen LogP contribution in [0.5, 0.6) is 0 Å². The maximum Gasteiger partial charge on any atom is 0.0553 e. The van der Waals surface area contributed by atoms with Crippen LogP contribution in [0.25, 0.3) is 82.8 Å². The Morgan fingerprint density at radius 1 is 0.328 bits per heavy atom. The van der Waals surface area contributed by atoms with Gasteiger partial charge >= 0.3 is 0 Å². The van der Waals surface area contributed by atoms with E-state index in [0.29, 0.717) is 0 Å². The van der Waals surface area contributed by atoms with Crippen molar-refractivity contribution < 1.29 is 0 Å². The lowest BCUT2D eigenvalue weighted by Crippen LogP contribution is -2.18. The van der Waals surface area contributed by atoms with E-state index >= 15 is 0 Å². The van der Waals surface area contributed by atoms with Crippen LogP contribution < -0.4 is 4.90 Å². The summed E-state index contributed by atoms with van der Waals surface area (Å²) in [4.78, 5) is 2.46. The van der Waals surface area contributed by atoms with Crippen molar-refractivity contribution in [1.82, 2.24) is 4.57 Å². The van der Waals surface area contributed by atoms with Gasteiger partial charge in [0.05, 0.1) is 11.0 Å². The third-order valence-corrected chi connectivity index (χ3v) is 14.7. The molecule has 1 aromatic heterocycles. The Bertz CT molecular complexity index is 3640. The highest BCUT2D eigenvalue weighted by Crippen LogP contribution is 2.54. The Balaban J connectivity index is 0.932. The van der Waals surface area contributed by atoms with Crippen molar-refractivity contribution in [3.8, 4) is 50.2 Å². The highest BCUT2D eigenvalue weighted by atomic mass is 15.1. The Kier molecular flexibility index (Phi) is 7.74. The van der Waals surface area contributed by atoms with Crippen molar-refractivity contribution >= 4 is 49.6 Å². The molecule has 11 aromatic rings. The molecule has 2 aliphatic rings. The average Bonchev–Trinajstić information content (AvgIpc) is 3.88. The van der Waals surface area contributed by atoms with E-state index in [1.54, 1.807) is 0 Å². The number of benzene rings is 10. The lowest BCUT2D eigenvalue weighted by Gasteiger charge is -2.30. The van der Waals surface area contributed by atoms with Crippen LogP contribution >= 0.6 is 0 Å². The number of para-hydroxylation sites is 1. The van der Waals surface area contributed by atoms with Crippen molar-refractivity contribution in [1.29, 1.82) is 0 Å². The predicted molar refractivity (Wildman–Crippen MR) is 270 cm³/mol. The zero-order valence-electron chi connectivity index (χ0n) is 36.5. The number of hydrogen-bond acceptors (Lipinski definition) is 1. The van der Waals surface area contributed by atoms with Gasteiger partial charge in [-0.15, -0.1) is 0 Å². The smallest absolute Gasteiger partial charge is 0.0553 e. The second-order valence-electron chi connectivity index (χ2n) is 19.0. The maximum absolute atomic E-state index is 2.47. The number of rotatable bonds is 6. The highest BCUT2D eigenvalue weighted by molar-refractivity contribution is 6.25. The molecular weight excluding hydrogens is 773 g/mol. The van der Waals surface area contributed by atoms with Crippen molar-refractivity contribution in [3.63, 3.8) is 0 Å². The molecule has 2 nitrogen and oxygen atoms in total. The van der Waals surface area contributed by atoms with E-state index in [2.05, 4.69) is 243 Å². The van der Waals surface area contributed by atoms with E-state index in [-0.39, 0.29) is 10.8 Å². The Morgan fingerprint density at radius 2 is 0.859 bits per heavy atom. The predicted octanol–water partition coefficient (Wildman–Crippen LogP) is 16.8. The molecule has 0 aliphatic heterocycles. The summed E-state index contributed by atoms with van der Waals surface area (Å²) in [6.07, 6.45) is 0. The van der Waals surface area contributed by atoms with E-state index < -0.39 is 0 Å². The first-order chi connectivity index (χ1) is 31.2. The molecule has 0 unspecified atom stereocenters. The quantitative estimate of drug-likeness (QED) is 0.152. The number of fused-ring (bicyclic) bond motifs is 6. The fourth-order valence-electron chi connectivity index (χ4n) is 11.5. The first-order valence-corrected chi connectivity index (χ1v) is 22.6. The van der Waals surface area contributed by atoms with Crippen molar-refractivity contribution in [2.45, 2.75) is 38.5 Å². The second kappa shape index (κ2) is 13.4. The second-order valence-corrected chi connectivity index (χ2v) is 19.0. The normalized spacial score (nSPS) is 14.2. The summed E-state index contributed by atoms with van der Waals surface area (Å²) in [6, 6.07) is 77.0. The first-order valence-electron chi connectivity index (χ1n) is 22.6. The Hall–Kier alpha value is -7.68. The fraction of sp³-hybridized carbons (Fsp3) is 0.0968. The van der Waals surface area contributed by atoms with Gasteiger partial charge in [-0.3, -0.25) is 0 Å². The molecule has 0 fully saturated rings. The highest BCUT2D eigenvalue weighted by Gasteiger charge is 2.38. The minimum atomic E-state index is -0.229. The molecule has 304 valence electrons. The van der Waals surface area contributed by atoms with Crippen LogP contribution in [0, 0.1) is 0 Å². The Morgan fingerprint density at radius 3 is 1.58 bits per heavy atom. The van der Waals surface area contributed by atoms with E-state index in [0.717, 1.165) is 17.1 Å². The summed E-state index contributed by atoms with van der Waals surface area (Å²) in [5.74, 6) is 0. The van der Waals surface area contributed by atoms with E-state index in [4.69, 9.17) is 0 Å². The SMILES string of the molecule is CC1(C)c2ccccc2-c2ccc(N(c3ccc(-c4ccccc4)cc3)c3ccc4c(c3)C(C)(C)c3cc(-c5cc6ccc7cccc8c7c6c(c5)n8-c5ccccc5)ccc3-4)cc21. The molecule has 0 atom stereocenters. The maximum atomic E-state index is 2.47. The minimum absolute atomic E-state index is 0.107. The molecule has 0 bridgehead atoms. The molecule has 64 heavy (non-hydrogen) atoms. The lowest BCUT2D eigenvalue weighted by atomic mass is 9.81. The fourth-order valence-corrected chi connectivity index (χ4v) is 11.5. The van der Waals surface area contributed by atoms with Gasteiger partial charge < -0.3 is 9.47 Å². The summed E-state index contributed by atoms with van der Waals surface area (Å²) in [5, 5.41) is 5.22. The topological polar surface area (TPSA) is 8.17 Å². The summed E-state index contributed by atoms with van der Waals surface area (Å²) >= 11 is 0. The standard InChI is InChI=1S/C62H46N2/c1-61(2)53-20-12-11-19-49(53)51-32-29-47(37-55(51)61)63(46-27-24-40(25-28-46)39-14-7-5-8-15-39)48-30-33-52-50-31-26-42(35-54(50)62(3,4)56(52)38-48)44-34-43-23-22-41-16-13-21-57-59(41)60(43)58(36-44)64(57)45-17-9-6-10-18-45/h5-38H,1-4H3. The van der Waals surface area contributed by atoms with Crippen molar-refractivity contribution in [2.24, 2.45) is 0 Å². The molecule has 13 rings (SSSR count). The zero-order chi connectivity index (χ0) is 42.9. The zero-order valence-corrected chi connectivity index (χ0v) is 36.5. The molecule has 1 heterocycles. The molecule has 2 heteroatoms. The van der Waals surface area contributed by atoms with Crippen LogP contribution in [-0.4, -0.2) is 4.57 Å². The first kappa shape index (κ1) is 36.9. The van der Waals surface area contributed by atoms with Crippen LogP contribution in [0.15, 0.2) is 206 Å². The van der Waals surface area contributed by atoms with Gasteiger partial charge in [-0.05, 0) is 150 Å². The molecule has 0 amide bonds. The van der Waals surface area contributed by atoms with Crippen LogP contribution in [0.3, 0.4) is 0 Å². The van der Waals surface area contributed by atoms with Crippen LogP contribution in [0.1, 0.15) is 49.9 Å². The molecule has 0 saturated heterocycles. The summed E-state index contributed by atoms with van der Waals surface area (Å²) < 4.78 is 2.45. The summed E-state index contributed by atoms with van der Waals surface area (Å²) in [7, 11) is 0. The van der Waals surface area contributed by atoms with Gasteiger partial charge in [-0.25, -0.2) is 0 Å². The van der Waals surface area contributed by atoms with E-state index in [1.807, 2.05) is 0 Å².